The van der Waals surface area contributed by atoms with E-state index in [0.717, 1.165) is 15.7 Å². The summed E-state index contributed by atoms with van der Waals surface area (Å²) in [4.78, 5) is 15.2. The Kier molecular flexibility index (Phi) is 3.10. The Morgan fingerprint density at radius 1 is 1.50 bits per heavy atom. The van der Waals surface area contributed by atoms with Gasteiger partial charge in [-0.2, -0.15) is 0 Å². The van der Waals surface area contributed by atoms with Crippen molar-refractivity contribution in [3.8, 4) is 5.88 Å². The topological polar surface area (TPSA) is 65.2 Å². The molecule has 1 rings (SSSR count). The number of methoxy groups -OCH3 is 1. The number of nitrogens with zero attached hydrogens (tertiary/aromatic N) is 1. The van der Waals surface area contributed by atoms with Crippen LogP contribution < -0.4 is 10.5 Å². The second-order valence-corrected chi connectivity index (χ2v) is 3.68. The molecule has 0 saturated carbocycles. The maximum absolute atomic E-state index is 11.1. The van der Waals surface area contributed by atoms with Gasteiger partial charge in [-0.3, -0.25) is 4.79 Å². The maximum atomic E-state index is 11.1. The Balaban J connectivity index is 3.53. The molecule has 2 N–H and O–H groups in total. The number of hydrogen-bond donors (Lipinski definition) is 1. The molecule has 0 unspecified atom stereocenters. The fraction of sp³-hybridized carbons (Fsp3) is 0.333. The van der Waals surface area contributed by atoms with Crippen LogP contribution in [0.2, 0.25) is 0 Å². The molecular formula is C9H11BrN2O2. The van der Waals surface area contributed by atoms with Crippen LogP contribution in [0.15, 0.2) is 4.47 Å². The summed E-state index contributed by atoms with van der Waals surface area (Å²) in [5.74, 6) is -0.261. The molecule has 0 saturated heterocycles. The molecule has 0 bridgehead atoms. The number of ether oxygens (including phenoxy) is 1. The second kappa shape index (κ2) is 3.96. The van der Waals surface area contributed by atoms with Gasteiger partial charge in [-0.1, -0.05) is 0 Å². The molecule has 1 amide bonds. The lowest BCUT2D eigenvalue weighted by Crippen LogP contribution is -2.16. The summed E-state index contributed by atoms with van der Waals surface area (Å²) < 4.78 is 5.77. The number of carbonyl (C=O) groups is 1. The molecule has 0 atom stereocenters. The third-order valence-electron chi connectivity index (χ3n) is 1.94. The fourth-order valence-corrected chi connectivity index (χ4v) is 1.52. The Bertz CT molecular complexity index is 391. The first-order valence-corrected chi connectivity index (χ1v) is 4.78. The van der Waals surface area contributed by atoms with Crippen LogP contribution in [-0.4, -0.2) is 18.0 Å². The van der Waals surface area contributed by atoms with Crippen LogP contribution in [0.3, 0.4) is 0 Å². The summed E-state index contributed by atoms with van der Waals surface area (Å²) in [6.45, 7) is 3.62. The number of primary amides is 1. The number of aromatic nitrogens is 1. The van der Waals surface area contributed by atoms with Gasteiger partial charge in [0.05, 0.1) is 12.8 Å². The summed E-state index contributed by atoms with van der Waals surface area (Å²) in [6.07, 6.45) is 0. The van der Waals surface area contributed by atoms with E-state index in [1.54, 1.807) is 6.92 Å². The zero-order valence-electron chi connectivity index (χ0n) is 8.22. The van der Waals surface area contributed by atoms with Crippen molar-refractivity contribution in [1.82, 2.24) is 4.98 Å². The Labute approximate surface area is 90.6 Å². The van der Waals surface area contributed by atoms with Gasteiger partial charge >= 0.3 is 0 Å². The van der Waals surface area contributed by atoms with Gasteiger partial charge in [0.1, 0.15) is 5.56 Å². The summed E-state index contributed by atoms with van der Waals surface area (Å²) in [5.41, 5.74) is 7.07. The van der Waals surface area contributed by atoms with Crippen molar-refractivity contribution >= 4 is 21.8 Å². The largest absolute Gasteiger partial charge is 0.480 e. The zero-order chi connectivity index (χ0) is 10.9. The lowest BCUT2D eigenvalue weighted by atomic mass is 10.1. The van der Waals surface area contributed by atoms with Crippen LogP contribution in [0, 0.1) is 13.8 Å². The van der Waals surface area contributed by atoms with Crippen molar-refractivity contribution in [2.45, 2.75) is 13.8 Å². The monoisotopic (exact) mass is 258 g/mol. The van der Waals surface area contributed by atoms with Gasteiger partial charge in [0.2, 0.25) is 5.88 Å². The molecule has 76 valence electrons. The summed E-state index contributed by atoms with van der Waals surface area (Å²) in [6, 6.07) is 0. The third kappa shape index (κ3) is 1.72. The summed E-state index contributed by atoms with van der Waals surface area (Å²) in [5, 5.41) is 0. The number of aryl methyl sites for hydroxylation is 1. The molecule has 1 aromatic heterocycles. The highest BCUT2D eigenvalue weighted by Crippen LogP contribution is 2.28. The molecule has 0 spiro atoms. The van der Waals surface area contributed by atoms with Crippen molar-refractivity contribution < 1.29 is 9.53 Å². The predicted octanol–water partition coefficient (Wildman–Crippen LogP) is 1.57. The Morgan fingerprint density at radius 2 is 2.07 bits per heavy atom. The molecule has 0 aliphatic heterocycles. The Hall–Kier alpha value is -1.10. The van der Waals surface area contributed by atoms with E-state index >= 15 is 0 Å². The van der Waals surface area contributed by atoms with E-state index in [-0.39, 0.29) is 5.88 Å². The average Bonchev–Trinajstić information content (AvgIpc) is 2.12. The number of carbonyl (C=O) groups excluding carboxylic acids is 1. The number of amides is 1. The van der Waals surface area contributed by atoms with E-state index in [1.807, 2.05) is 6.92 Å². The predicted molar refractivity (Wildman–Crippen MR) is 56.5 cm³/mol. The van der Waals surface area contributed by atoms with Crippen LogP contribution >= 0.6 is 15.9 Å². The average molecular weight is 259 g/mol. The molecule has 14 heavy (non-hydrogen) atoms. The highest BCUT2D eigenvalue weighted by molar-refractivity contribution is 9.10. The normalized spacial score (nSPS) is 10.0. The minimum absolute atomic E-state index is 0.274. The van der Waals surface area contributed by atoms with Gasteiger partial charge in [0.15, 0.2) is 0 Å². The van der Waals surface area contributed by atoms with Crippen LogP contribution in [-0.2, 0) is 0 Å². The van der Waals surface area contributed by atoms with E-state index in [4.69, 9.17) is 10.5 Å². The van der Waals surface area contributed by atoms with Gasteiger partial charge < -0.3 is 10.5 Å². The van der Waals surface area contributed by atoms with Crippen molar-refractivity contribution in [3.05, 3.63) is 21.3 Å². The molecule has 1 aromatic rings. The standard InChI is InChI=1S/C9H11BrN2O2/c1-4-6(8(11)13)9(14-3)12-5(2)7(4)10/h1-3H3,(H2,11,13). The van der Waals surface area contributed by atoms with Crippen molar-refractivity contribution in [3.63, 3.8) is 0 Å². The highest BCUT2D eigenvalue weighted by atomic mass is 79.9. The van der Waals surface area contributed by atoms with Gasteiger partial charge in [0, 0.05) is 4.47 Å². The smallest absolute Gasteiger partial charge is 0.254 e. The van der Waals surface area contributed by atoms with Crippen molar-refractivity contribution in [2.75, 3.05) is 7.11 Å². The third-order valence-corrected chi connectivity index (χ3v) is 3.11. The van der Waals surface area contributed by atoms with E-state index in [1.165, 1.54) is 7.11 Å². The number of hydrogen-bond acceptors (Lipinski definition) is 3. The van der Waals surface area contributed by atoms with Gasteiger partial charge in [-0.25, -0.2) is 4.98 Å². The second-order valence-electron chi connectivity index (χ2n) is 2.88. The lowest BCUT2D eigenvalue weighted by Gasteiger charge is -2.11. The van der Waals surface area contributed by atoms with Crippen molar-refractivity contribution in [2.24, 2.45) is 5.73 Å². The molecule has 5 heteroatoms. The number of nitrogens with two attached hydrogens (primary N) is 1. The van der Waals surface area contributed by atoms with Crippen molar-refractivity contribution in [1.29, 1.82) is 0 Å². The summed E-state index contributed by atoms with van der Waals surface area (Å²) in [7, 11) is 1.46. The quantitative estimate of drug-likeness (QED) is 0.876. The lowest BCUT2D eigenvalue weighted by molar-refractivity contribution is 0.0996. The van der Waals surface area contributed by atoms with E-state index in [0.29, 0.717) is 5.56 Å². The molecule has 0 fully saturated rings. The van der Waals surface area contributed by atoms with Gasteiger partial charge in [0.25, 0.3) is 5.91 Å². The molecule has 0 aliphatic carbocycles. The van der Waals surface area contributed by atoms with Crippen LogP contribution in [0.25, 0.3) is 0 Å². The zero-order valence-corrected chi connectivity index (χ0v) is 9.81. The number of halogens is 1. The molecule has 1 heterocycles. The van der Waals surface area contributed by atoms with E-state index in [2.05, 4.69) is 20.9 Å². The van der Waals surface area contributed by atoms with Gasteiger partial charge in [-0.15, -0.1) is 0 Å². The van der Waals surface area contributed by atoms with E-state index < -0.39 is 5.91 Å². The molecule has 4 nitrogen and oxygen atoms in total. The SMILES string of the molecule is COc1nc(C)c(Br)c(C)c1C(N)=O. The maximum Gasteiger partial charge on any atom is 0.254 e. The molecule has 0 aromatic carbocycles. The van der Waals surface area contributed by atoms with Crippen LogP contribution in [0.4, 0.5) is 0 Å². The fourth-order valence-electron chi connectivity index (χ4n) is 1.24. The molecule has 0 aliphatic rings. The van der Waals surface area contributed by atoms with Crippen LogP contribution in [0.1, 0.15) is 21.6 Å². The number of pyridine rings is 1. The first-order chi connectivity index (χ1) is 6.49. The first kappa shape index (κ1) is 11.0. The van der Waals surface area contributed by atoms with Crippen LogP contribution in [0.5, 0.6) is 5.88 Å². The first-order valence-electron chi connectivity index (χ1n) is 3.99. The van der Waals surface area contributed by atoms with Gasteiger partial charge in [-0.05, 0) is 35.3 Å². The Morgan fingerprint density at radius 3 is 2.50 bits per heavy atom. The summed E-state index contributed by atoms with van der Waals surface area (Å²) >= 11 is 3.34. The van der Waals surface area contributed by atoms with E-state index in [9.17, 15) is 4.79 Å². The minimum Gasteiger partial charge on any atom is -0.480 e. The minimum atomic E-state index is -0.535. The number of rotatable bonds is 2. The highest BCUT2D eigenvalue weighted by Gasteiger charge is 2.17. The molecular weight excluding hydrogens is 248 g/mol. The molecule has 0 radical (unpaired) electrons.